The van der Waals surface area contributed by atoms with E-state index in [1.165, 1.54) is 19.3 Å². The van der Waals surface area contributed by atoms with Crippen LogP contribution in [0, 0.1) is 0 Å². The molecule has 1 aromatic carbocycles. The molecule has 1 saturated heterocycles. The van der Waals surface area contributed by atoms with E-state index in [1.807, 2.05) is 37.3 Å². The number of aliphatic hydroxyl groups is 1. The Labute approximate surface area is 146 Å². The fourth-order valence-corrected chi connectivity index (χ4v) is 3.37. The van der Waals surface area contributed by atoms with Crippen LogP contribution in [0.3, 0.4) is 0 Å². The molecule has 4 nitrogen and oxygen atoms in total. The van der Waals surface area contributed by atoms with Gasteiger partial charge in [0.05, 0.1) is 7.11 Å². The summed E-state index contributed by atoms with van der Waals surface area (Å²) in [6.07, 6.45) is 8.43. The first kappa shape index (κ1) is 18.8. The molecule has 1 aliphatic heterocycles. The summed E-state index contributed by atoms with van der Waals surface area (Å²) in [7, 11) is 1.64. The van der Waals surface area contributed by atoms with Crippen molar-refractivity contribution in [2.24, 2.45) is 0 Å². The number of allylic oxidation sites excluding steroid dienone is 1. The van der Waals surface area contributed by atoms with Crippen molar-refractivity contribution in [1.29, 1.82) is 0 Å². The summed E-state index contributed by atoms with van der Waals surface area (Å²) in [6, 6.07) is 6.43. The fraction of sp³-hybridized carbons (Fsp3) is 0.600. The number of rotatable bonds is 8. The summed E-state index contributed by atoms with van der Waals surface area (Å²) in [5.41, 5.74) is 1.07. The molecule has 134 valence electrons. The van der Waals surface area contributed by atoms with Gasteiger partial charge in [-0.1, -0.05) is 31.6 Å². The Morgan fingerprint density at radius 1 is 1.33 bits per heavy atom. The van der Waals surface area contributed by atoms with Gasteiger partial charge in [0.15, 0.2) is 11.5 Å². The molecule has 1 N–H and O–H groups in total. The van der Waals surface area contributed by atoms with Crippen molar-refractivity contribution in [1.82, 2.24) is 4.90 Å². The van der Waals surface area contributed by atoms with E-state index in [2.05, 4.69) is 11.8 Å². The van der Waals surface area contributed by atoms with Crippen molar-refractivity contribution >= 4 is 6.08 Å². The largest absolute Gasteiger partial charge is 0.493 e. The van der Waals surface area contributed by atoms with Crippen LogP contribution in [0.2, 0.25) is 0 Å². The number of ether oxygens (including phenoxy) is 2. The lowest BCUT2D eigenvalue weighted by molar-refractivity contribution is 0.0382. The quantitative estimate of drug-likeness (QED) is 0.787. The molecular weight excluding hydrogens is 302 g/mol. The minimum atomic E-state index is -0.489. The molecule has 1 aromatic rings. The highest BCUT2D eigenvalue weighted by atomic mass is 16.5. The molecule has 1 aliphatic rings. The van der Waals surface area contributed by atoms with Gasteiger partial charge < -0.3 is 14.6 Å². The van der Waals surface area contributed by atoms with Gasteiger partial charge in [-0.15, -0.1) is 0 Å². The lowest BCUT2D eigenvalue weighted by Gasteiger charge is -2.36. The predicted octanol–water partition coefficient (Wildman–Crippen LogP) is 3.73. The zero-order chi connectivity index (χ0) is 17.4. The third-order valence-electron chi connectivity index (χ3n) is 4.64. The minimum Gasteiger partial charge on any atom is -0.493 e. The van der Waals surface area contributed by atoms with Crippen molar-refractivity contribution in [3.8, 4) is 11.5 Å². The minimum absolute atomic E-state index is 0.284. The van der Waals surface area contributed by atoms with E-state index in [4.69, 9.17) is 9.47 Å². The second kappa shape index (κ2) is 9.70. The fourth-order valence-electron chi connectivity index (χ4n) is 3.37. The highest BCUT2D eigenvalue weighted by molar-refractivity contribution is 5.55. The van der Waals surface area contributed by atoms with Crippen molar-refractivity contribution in [2.75, 3.05) is 26.8 Å². The first-order valence-electron chi connectivity index (χ1n) is 9.03. The summed E-state index contributed by atoms with van der Waals surface area (Å²) in [4.78, 5) is 2.41. The smallest absolute Gasteiger partial charge is 0.161 e. The molecule has 0 aromatic heterocycles. The summed E-state index contributed by atoms with van der Waals surface area (Å²) >= 11 is 0. The van der Waals surface area contributed by atoms with Crippen LogP contribution >= 0.6 is 0 Å². The zero-order valence-corrected chi connectivity index (χ0v) is 15.2. The second-order valence-electron chi connectivity index (χ2n) is 6.43. The van der Waals surface area contributed by atoms with Gasteiger partial charge in [0.1, 0.15) is 12.7 Å². The molecule has 2 atom stereocenters. The number of aliphatic hydroxyl groups excluding tert-OH is 1. The molecule has 0 radical (unpaired) electrons. The van der Waals surface area contributed by atoms with E-state index in [1.54, 1.807) is 7.11 Å². The van der Waals surface area contributed by atoms with Crippen LogP contribution in [0.5, 0.6) is 11.5 Å². The number of benzene rings is 1. The Balaban J connectivity index is 1.90. The van der Waals surface area contributed by atoms with Crippen molar-refractivity contribution in [3.63, 3.8) is 0 Å². The Morgan fingerprint density at radius 3 is 2.88 bits per heavy atom. The van der Waals surface area contributed by atoms with Gasteiger partial charge >= 0.3 is 0 Å². The zero-order valence-electron chi connectivity index (χ0n) is 15.2. The molecule has 4 heteroatoms. The standard InChI is InChI=1S/C20H31NO3/c1-4-8-16-10-11-19(20(13-16)23-3)24-15-18(22)14-21-12-7-6-9-17(21)5-2/h4,8,10-11,13,17-18,22H,5-7,9,12,14-15H2,1-3H3/b8-4+. The average Bonchev–Trinajstić information content (AvgIpc) is 2.61. The molecule has 0 aliphatic carbocycles. The third kappa shape index (κ3) is 5.25. The molecule has 1 heterocycles. The number of nitrogens with zero attached hydrogens (tertiary/aromatic N) is 1. The molecule has 2 unspecified atom stereocenters. The number of likely N-dealkylation sites (tertiary alicyclic amines) is 1. The number of β-amino-alcohol motifs (C(OH)–C–C–N with tert-alkyl or cyclic N) is 1. The van der Waals surface area contributed by atoms with Crippen LogP contribution in [0.15, 0.2) is 24.3 Å². The second-order valence-corrected chi connectivity index (χ2v) is 6.43. The van der Waals surface area contributed by atoms with Crippen LogP contribution in [-0.4, -0.2) is 49.0 Å². The van der Waals surface area contributed by atoms with Gasteiger partial charge in [-0.05, 0) is 50.4 Å². The summed E-state index contributed by atoms with van der Waals surface area (Å²) < 4.78 is 11.2. The van der Waals surface area contributed by atoms with E-state index >= 15 is 0 Å². The molecular formula is C20H31NO3. The van der Waals surface area contributed by atoms with Gasteiger partial charge in [-0.25, -0.2) is 0 Å². The van der Waals surface area contributed by atoms with Crippen LogP contribution in [0.4, 0.5) is 0 Å². The van der Waals surface area contributed by atoms with E-state index in [9.17, 15) is 5.11 Å². The first-order valence-corrected chi connectivity index (χ1v) is 9.03. The molecule has 0 spiro atoms. The lowest BCUT2D eigenvalue weighted by atomic mass is 10.00. The SMILES string of the molecule is C/C=C/c1ccc(OCC(O)CN2CCCCC2CC)c(OC)c1. The van der Waals surface area contributed by atoms with Crippen LogP contribution in [-0.2, 0) is 0 Å². The maximum Gasteiger partial charge on any atom is 0.161 e. The van der Waals surface area contributed by atoms with E-state index in [0.29, 0.717) is 24.1 Å². The molecule has 0 amide bonds. The Morgan fingerprint density at radius 2 is 2.17 bits per heavy atom. The predicted molar refractivity (Wildman–Crippen MR) is 98.7 cm³/mol. The van der Waals surface area contributed by atoms with Crippen molar-refractivity contribution < 1.29 is 14.6 Å². The number of piperidine rings is 1. The van der Waals surface area contributed by atoms with Gasteiger partial charge in [-0.2, -0.15) is 0 Å². The Bertz CT molecular complexity index is 530. The summed E-state index contributed by atoms with van der Waals surface area (Å²) in [6.45, 7) is 6.25. The normalized spacial score (nSPS) is 20.2. The maximum absolute atomic E-state index is 10.4. The summed E-state index contributed by atoms with van der Waals surface area (Å²) in [5.74, 6) is 1.37. The monoisotopic (exact) mass is 333 g/mol. The van der Waals surface area contributed by atoms with Gasteiger partial charge in [0, 0.05) is 12.6 Å². The molecule has 2 rings (SSSR count). The Kier molecular flexibility index (Phi) is 7.60. The van der Waals surface area contributed by atoms with Crippen LogP contribution < -0.4 is 9.47 Å². The maximum atomic E-state index is 10.4. The molecule has 0 saturated carbocycles. The Hall–Kier alpha value is -1.52. The molecule has 1 fully saturated rings. The number of hydrogen-bond acceptors (Lipinski definition) is 4. The van der Waals surface area contributed by atoms with Gasteiger partial charge in [0.2, 0.25) is 0 Å². The number of hydrogen-bond donors (Lipinski definition) is 1. The van der Waals surface area contributed by atoms with Crippen LogP contribution in [0.1, 0.15) is 45.1 Å². The lowest BCUT2D eigenvalue weighted by Crippen LogP contribution is -2.44. The number of methoxy groups -OCH3 is 1. The van der Waals surface area contributed by atoms with Gasteiger partial charge in [-0.3, -0.25) is 4.90 Å². The van der Waals surface area contributed by atoms with E-state index < -0.39 is 6.10 Å². The van der Waals surface area contributed by atoms with E-state index in [-0.39, 0.29) is 6.61 Å². The average molecular weight is 333 g/mol. The van der Waals surface area contributed by atoms with Crippen molar-refractivity contribution in [3.05, 3.63) is 29.8 Å². The van der Waals surface area contributed by atoms with E-state index in [0.717, 1.165) is 18.5 Å². The first-order chi connectivity index (χ1) is 11.7. The van der Waals surface area contributed by atoms with Gasteiger partial charge in [0.25, 0.3) is 0 Å². The topological polar surface area (TPSA) is 41.9 Å². The van der Waals surface area contributed by atoms with Crippen molar-refractivity contribution in [2.45, 2.75) is 51.7 Å². The highest BCUT2D eigenvalue weighted by Gasteiger charge is 2.23. The molecule has 24 heavy (non-hydrogen) atoms. The molecule has 0 bridgehead atoms. The highest BCUT2D eigenvalue weighted by Crippen LogP contribution is 2.29. The summed E-state index contributed by atoms with van der Waals surface area (Å²) in [5, 5.41) is 10.4. The third-order valence-corrected chi connectivity index (χ3v) is 4.64. The van der Waals surface area contributed by atoms with Crippen LogP contribution in [0.25, 0.3) is 6.08 Å².